The lowest BCUT2D eigenvalue weighted by atomic mass is 10.1. The Bertz CT molecular complexity index is 940. The van der Waals surface area contributed by atoms with Crippen molar-refractivity contribution in [2.45, 2.75) is 31.2 Å². The molecule has 3 rings (SSSR count). The Kier molecular flexibility index (Phi) is 7.09. The highest BCUT2D eigenvalue weighted by Gasteiger charge is 2.24. The van der Waals surface area contributed by atoms with Gasteiger partial charge < -0.3 is 10.2 Å². The number of sulfonamides is 1. The predicted octanol–water partition coefficient (Wildman–Crippen LogP) is 2.96. The number of aryl methyl sites for hydroxylation is 1. The molecule has 0 spiro atoms. The van der Waals surface area contributed by atoms with Crippen molar-refractivity contribution in [3.8, 4) is 0 Å². The Labute approximate surface area is 172 Å². The first kappa shape index (κ1) is 22.2. The van der Waals surface area contributed by atoms with Crippen LogP contribution in [0.4, 0.5) is 5.69 Å². The molecule has 1 atom stereocenters. The van der Waals surface area contributed by atoms with Crippen molar-refractivity contribution in [3.63, 3.8) is 0 Å². The molecular formula is C20H26ClN3O3S. The molecule has 1 saturated heterocycles. The Morgan fingerprint density at radius 2 is 1.82 bits per heavy atom. The van der Waals surface area contributed by atoms with Gasteiger partial charge in [0.05, 0.1) is 10.6 Å². The van der Waals surface area contributed by atoms with E-state index < -0.39 is 10.0 Å². The minimum absolute atomic E-state index is 0. The van der Waals surface area contributed by atoms with Crippen LogP contribution in [0.2, 0.25) is 0 Å². The fourth-order valence-corrected chi connectivity index (χ4v) is 4.30. The van der Waals surface area contributed by atoms with E-state index >= 15 is 0 Å². The first-order valence-electron chi connectivity index (χ1n) is 8.96. The molecule has 0 saturated carbocycles. The topological polar surface area (TPSA) is 78.5 Å². The van der Waals surface area contributed by atoms with Crippen LogP contribution in [0.15, 0.2) is 47.4 Å². The van der Waals surface area contributed by atoms with Crippen LogP contribution in [0.1, 0.15) is 27.9 Å². The number of amides is 1. The summed E-state index contributed by atoms with van der Waals surface area (Å²) in [4.78, 5) is 14.4. The molecule has 2 N–H and O–H groups in total. The van der Waals surface area contributed by atoms with Crippen LogP contribution in [0.25, 0.3) is 0 Å². The Morgan fingerprint density at radius 1 is 1.14 bits per heavy atom. The summed E-state index contributed by atoms with van der Waals surface area (Å²) in [6.07, 6.45) is 0.925. The molecule has 1 heterocycles. The summed E-state index contributed by atoms with van der Waals surface area (Å²) in [5.41, 5.74) is 2.94. The smallest absolute Gasteiger partial charge is 0.261 e. The second-order valence-electron chi connectivity index (χ2n) is 6.94. The van der Waals surface area contributed by atoms with Crippen molar-refractivity contribution in [3.05, 3.63) is 59.2 Å². The molecule has 1 fully saturated rings. The van der Waals surface area contributed by atoms with E-state index in [1.54, 1.807) is 30.1 Å². The van der Waals surface area contributed by atoms with E-state index in [-0.39, 0.29) is 29.3 Å². The maximum absolute atomic E-state index is 12.7. The molecule has 2 aromatic carbocycles. The Balaban J connectivity index is 0.00000280. The average Bonchev–Trinajstić information content (AvgIpc) is 3.19. The highest BCUT2D eigenvalue weighted by molar-refractivity contribution is 7.92. The minimum Gasteiger partial charge on any atom is -0.337 e. The monoisotopic (exact) mass is 423 g/mol. The average molecular weight is 424 g/mol. The van der Waals surface area contributed by atoms with Crippen LogP contribution in [-0.2, 0) is 10.0 Å². The quantitative estimate of drug-likeness (QED) is 0.774. The third kappa shape index (κ3) is 4.66. The number of halogens is 1. The molecule has 6 nitrogen and oxygen atoms in total. The number of hydrogen-bond acceptors (Lipinski definition) is 4. The van der Waals surface area contributed by atoms with Crippen LogP contribution >= 0.6 is 12.4 Å². The largest absolute Gasteiger partial charge is 0.337 e. The van der Waals surface area contributed by atoms with Crippen LogP contribution in [0, 0.1) is 13.8 Å². The van der Waals surface area contributed by atoms with Gasteiger partial charge >= 0.3 is 0 Å². The first-order valence-corrected chi connectivity index (χ1v) is 10.4. The van der Waals surface area contributed by atoms with Crippen LogP contribution in [0.3, 0.4) is 0 Å². The Hall–Kier alpha value is -2.09. The zero-order chi connectivity index (χ0) is 19.6. The molecule has 8 heteroatoms. The molecule has 1 aliphatic heterocycles. The molecular weight excluding hydrogens is 398 g/mol. The summed E-state index contributed by atoms with van der Waals surface area (Å²) in [7, 11) is -1.93. The summed E-state index contributed by atoms with van der Waals surface area (Å²) in [5.74, 6) is -0.102. The second kappa shape index (κ2) is 8.94. The molecule has 2 aromatic rings. The summed E-state index contributed by atoms with van der Waals surface area (Å²) in [5, 5.41) is 3.24. The number of rotatable bonds is 5. The number of carbonyl (C=O) groups is 1. The summed E-state index contributed by atoms with van der Waals surface area (Å²) >= 11 is 0. The fraction of sp³-hybridized carbons (Fsp3) is 0.350. The van der Waals surface area contributed by atoms with E-state index in [1.165, 1.54) is 12.1 Å². The SMILES string of the molecule is Cc1cccc(NS(=O)(=O)c2ccc(C(=O)N(C)C3CCNC3)cc2)c1C.Cl. The van der Waals surface area contributed by atoms with E-state index in [4.69, 9.17) is 0 Å². The number of likely N-dealkylation sites (N-methyl/N-ethyl adjacent to an activating group) is 1. The second-order valence-corrected chi connectivity index (χ2v) is 8.62. The molecule has 0 bridgehead atoms. The van der Waals surface area contributed by atoms with Crippen LogP contribution in [0.5, 0.6) is 0 Å². The van der Waals surface area contributed by atoms with Crippen molar-refractivity contribution in [2.24, 2.45) is 0 Å². The highest BCUT2D eigenvalue weighted by Crippen LogP contribution is 2.22. The molecule has 152 valence electrons. The van der Waals surface area contributed by atoms with Crippen molar-refractivity contribution < 1.29 is 13.2 Å². The molecule has 0 aromatic heterocycles. The number of nitrogens with zero attached hydrogens (tertiary/aromatic N) is 1. The molecule has 0 aliphatic carbocycles. The molecule has 1 aliphatic rings. The van der Waals surface area contributed by atoms with Gasteiger partial charge in [0.1, 0.15) is 0 Å². The molecule has 1 unspecified atom stereocenters. The Morgan fingerprint density at radius 3 is 2.43 bits per heavy atom. The van der Waals surface area contributed by atoms with Gasteiger partial charge in [0.2, 0.25) is 0 Å². The molecule has 0 radical (unpaired) electrons. The lowest BCUT2D eigenvalue weighted by Gasteiger charge is -2.23. The number of carbonyl (C=O) groups excluding carboxylic acids is 1. The summed E-state index contributed by atoms with van der Waals surface area (Å²) in [6.45, 7) is 5.50. The third-order valence-electron chi connectivity index (χ3n) is 5.16. The number of benzene rings is 2. The minimum atomic E-state index is -3.72. The maximum atomic E-state index is 12.7. The van der Waals surface area contributed by atoms with Crippen LogP contribution < -0.4 is 10.0 Å². The molecule has 1 amide bonds. The van der Waals surface area contributed by atoms with E-state index in [0.29, 0.717) is 11.3 Å². The fourth-order valence-electron chi connectivity index (χ4n) is 3.18. The normalized spacial score (nSPS) is 16.3. The number of anilines is 1. The lowest BCUT2D eigenvalue weighted by Crippen LogP contribution is -2.38. The van der Waals surface area contributed by atoms with Gasteiger partial charge in [-0.15, -0.1) is 12.4 Å². The van der Waals surface area contributed by atoms with Crippen molar-refractivity contribution in [1.29, 1.82) is 0 Å². The highest BCUT2D eigenvalue weighted by atomic mass is 35.5. The van der Waals surface area contributed by atoms with Crippen molar-refractivity contribution in [2.75, 3.05) is 24.9 Å². The number of hydrogen-bond donors (Lipinski definition) is 2. The summed E-state index contributed by atoms with van der Waals surface area (Å²) < 4.78 is 28.0. The standard InChI is InChI=1S/C20H25N3O3S.ClH/c1-14-5-4-6-19(15(14)2)22-27(25,26)18-9-7-16(8-10-18)20(24)23(3)17-11-12-21-13-17;/h4-10,17,21-22H,11-13H2,1-3H3;1H. The van der Waals surface area contributed by atoms with E-state index in [0.717, 1.165) is 30.6 Å². The summed E-state index contributed by atoms with van der Waals surface area (Å²) in [6, 6.07) is 11.7. The van der Waals surface area contributed by atoms with Gasteiger partial charge in [-0.25, -0.2) is 8.42 Å². The number of nitrogens with one attached hydrogen (secondary N) is 2. The van der Waals surface area contributed by atoms with Gasteiger partial charge in [0.25, 0.3) is 15.9 Å². The van der Waals surface area contributed by atoms with Gasteiger partial charge in [0, 0.05) is 25.2 Å². The van der Waals surface area contributed by atoms with E-state index in [1.807, 2.05) is 26.0 Å². The van der Waals surface area contributed by atoms with Gasteiger partial charge in [-0.05, 0) is 68.3 Å². The van der Waals surface area contributed by atoms with Gasteiger partial charge in [-0.1, -0.05) is 12.1 Å². The van der Waals surface area contributed by atoms with Crippen molar-refractivity contribution >= 4 is 34.0 Å². The van der Waals surface area contributed by atoms with Gasteiger partial charge in [0.15, 0.2) is 0 Å². The van der Waals surface area contributed by atoms with Crippen LogP contribution in [-0.4, -0.2) is 45.4 Å². The van der Waals surface area contributed by atoms with Gasteiger partial charge in [-0.2, -0.15) is 0 Å². The van der Waals surface area contributed by atoms with Gasteiger partial charge in [-0.3, -0.25) is 9.52 Å². The van der Waals surface area contributed by atoms with E-state index in [9.17, 15) is 13.2 Å². The maximum Gasteiger partial charge on any atom is 0.261 e. The lowest BCUT2D eigenvalue weighted by molar-refractivity contribution is 0.0743. The first-order chi connectivity index (χ1) is 12.8. The molecule has 28 heavy (non-hydrogen) atoms. The third-order valence-corrected chi connectivity index (χ3v) is 6.54. The zero-order valence-electron chi connectivity index (χ0n) is 16.2. The predicted molar refractivity (Wildman–Crippen MR) is 114 cm³/mol. The zero-order valence-corrected chi connectivity index (χ0v) is 17.9. The van der Waals surface area contributed by atoms with E-state index in [2.05, 4.69) is 10.0 Å². The van der Waals surface area contributed by atoms with Crippen molar-refractivity contribution in [1.82, 2.24) is 10.2 Å².